The second-order valence-corrected chi connectivity index (χ2v) is 2.76. The first-order valence-corrected chi connectivity index (χ1v) is 4.03. The number of carboxylic acid groups (broad SMARTS) is 1. The molecule has 0 bridgehead atoms. The maximum atomic E-state index is 10.2. The number of halogens is 1. The van der Waals surface area contributed by atoms with E-state index < -0.39 is 5.97 Å². The molecule has 6 heteroatoms. The molecule has 0 aliphatic rings. The van der Waals surface area contributed by atoms with E-state index in [0.717, 1.165) is 0 Å². The lowest BCUT2D eigenvalue weighted by Gasteiger charge is -2.04. The van der Waals surface area contributed by atoms with E-state index in [9.17, 15) is 4.79 Å². The molecule has 0 amide bonds. The number of carboxylic acids is 1. The molecule has 0 saturated heterocycles. The topological polar surface area (TPSA) is 86.0 Å². The zero-order valence-corrected chi connectivity index (χ0v) is 7.75. The molecule has 0 fully saturated rings. The lowest BCUT2D eigenvalue weighted by molar-refractivity contribution is -0.134. The minimum Gasteiger partial charge on any atom is -0.480 e. The van der Waals surface area contributed by atoms with Gasteiger partial charge >= 0.3 is 5.97 Å². The molecule has 0 aliphatic carbocycles. The molecule has 0 spiro atoms. The summed E-state index contributed by atoms with van der Waals surface area (Å²) in [7, 11) is 0. The number of pyridine rings is 1. The Balaban J connectivity index is 2.88. The van der Waals surface area contributed by atoms with Gasteiger partial charge in [0.25, 0.3) is 0 Å². The van der Waals surface area contributed by atoms with Gasteiger partial charge in [0.15, 0.2) is 0 Å². The Kier molecular flexibility index (Phi) is 3.26. The van der Waals surface area contributed by atoms with Crippen molar-refractivity contribution in [3.63, 3.8) is 0 Å². The van der Waals surface area contributed by atoms with Crippen molar-refractivity contribution in [2.75, 3.05) is 11.9 Å². The molecule has 0 aliphatic heterocycles. The predicted octanol–water partition coefficient (Wildman–Crippen LogP) is 1.10. The third-order valence-corrected chi connectivity index (χ3v) is 1.80. The van der Waals surface area contributed by atoms with Crippen LogP contribution in [-0.4, -0.2) is 22.6 Å². The van der Waals surface area contributed by atoms with E-state index in [2.05, 4.69) is 10.3 Å². The Morgan fingerprint density at radius 3 is 3.07 bits per heavy atom. The summed E-state index contributed by atoms with van der Waals surface area (Å²) in [5.74, 6) is -0.821. The van der Waals surface area contributed by atoms with Gasteiger partial charge in [-0.25, -0.2) is 4.98 Å². The molecule has 0 aromatic carbocycles. The van der Waals surface area contributed by atoms with Crippen LogP contribution in [0, 0.1) is 11.3 Å². The average Bonchev–Trinajstić information content (AvgIpc) is 2.16. The van der Waals surface area contributed by atoms with Gasteiger partial charge in [-0.15, -0.1) is 0 Å². The highest BCUT2D eigenvalue weighted by molar-refractivity contribution is 6.34. The van der Waals surface area contributed by atoms with Gasteiger partial charge in [-0.05, 0) is 6.07 Å². The summed E-state index contributed by atoms with van der Waals surface area (Å²) in [4.78, 5) is 14.0. The molecule has 0 atom stereocenters. The standard InChI is InChI=1S/C8H6ClN3O2/c9-7-5(3-10)1-2-11-8(7)12-4-6(13)14/h1-2H,4H2,(H,11,12)(H,13,14). The van der Waals surface area contributed by atoms with Gasteiger partial charge < -0.3 is 10.4 Å². The van der Waals surface area contributed by atoms with Crippen LogP contribution in [0.5, 0.6) is 0 Å². The second kappa shape index (κ2) is 4.44. The van der Waals surface area contributed by atoms with E-state index >= 15 is 0 Å². The zero-order chi connectivity index (χ0) is 10.6. The van der Waals surface area contributed by atoms with Gasteiger partial charge in [0, 0.05) is 6.20 Å². The van der Waals surface area contributed by atoms with Gasteiger partial charge in [-0.2, -0.15) is 5.26 Å². The normalized spacial score (nSPS) is 9.14. The summed E-state index contributed by atoms with van der Waals surface area (Å²) in [6.45, 7) is -0.290. The number of aliphatic carboxylic acids is 1. The van der Waals surface area contributed by atoms with E-state index in [1.807, 2.05) is 6.07 Å². The van der Waals surface area contributed by atoms with Gasteiger partial charge in [-0.1, -0.05) is 11.6 Å². The molecule has 1 rings (SSSR count). The van der Waals surface area contributed by atoms with Crippen LogP contribution in [0.3, 0.4) is 0 Å². The third kappa shape index (κ3) is 2.34. The number of rotatable bonds is 3. The molecule has 5 nitrogen and oxygen atoms in total. The Bertz CT molecular complexity index is 400. The highest BCUT2D eigenvalue weighted by Gasteiger charge is 2.07. The summed E-state index contributed by atoms with van der Waals surface area (Å²) < 4.78 is 0. The van der Waals surface area contributed by atoms with Gasteiger partial charge in [0.2, 0.25) is 0 Å². The molecule has 0 saturated carbocycles. The van der Waals surface area contributed by atoms with Gasteiger partial charge in [0.1, 0.15) is 23.5 Å². The molecule has 14 heavy (non-hydrogen) atoms. The van der Waals surface area contributed by atoms with Crippen LogP contribution >= 0.6 is 11.6 Å². The summed E-state index contributed by atoms with van der Waals surface area (Å²) in [5.41, 5.74) is 0.259. The van der Waals surface area contributed by atoms with Crippen LogP contribution in [0.15, 0.2) is 12.3 Å². The molecule has 72 valence electrons. The summed E-state index contributed by atoms with van der Waals surface area (Å²) in [5, 5.41) is 19.6. The quantitative estimate of drug-likeness (QED) is 0.782. The molecule has 1 aromatic rings. The van der Waals surface area contributed by atoms with Crippen LogP contribution in [0.4, 0.5) is 5.82 Å². The summed E-state index contributed by atoms with van der Waals surface area (Å²) in [6, 6.07) is 3.32. The van der Waals surface area contributed by atoms with Crippen molar-refractivity contribution >= 4 is 23.4 Å². The fourth-order valence-corrected chi connectivity index (χ4v) is 1.03. The highest BCUT2D eigenvalue weighted by Crippen LogP contribution is 2.22. The molecule has 0 radical (unpaired) electrons. The van der Waals surface area contributed by atoms with Crippen LogP contribution in [0.2, 0.25) is 5.02 Å². The molecule has 1 heterocycles. The van der Waals surface area contributed by atoms with Gasteiger partial charge in [0.05, 0.1) is 5.56 Å². The number of nitriles is 1. The minimum atomic E-state index is -1.02. The van der Waals surface area contributed by atoms with Gasteiger partial charge in [-0.3, -0.25) is 4.79 Å². The predicted molar refractivity (Wildman–Crippen MR) is 50.1 cm³/mol. The van der Waals surface area contributed by atoms with Crippen molar-refractivity contribution < 1.29 is 9.90 Å². The van der Waals surface area contributed by atoms with E-state index in [1.54, 1.807) is 0 Å². The van der Waals surface area contributed by atoms with E-state index in [-0.39, 0.29) is 22.9 Å². The van der Waals surface area contributed by atoms with Crippen molar-refractivity contribution in [1.82, 2.24) is 4.98 Å². The Labute approximate surface area is 84.9 Å². The lowest BCUT2D eigenvalue weighted by atomic mass is 10.3. The first-order chi connectivity index (χ1) is 6.65. The number of carbonyl (C=O) groups is 1. The molecular formula is C8H6ClN3O2. The number of nitrogens with one attached hydrogen (secondary N) is 1. The van der Waals surface area contributed by atoms with Crippen molar-refractivity contribution in [1.29, 1.82) is 5.26 Å². The Morgan fingerprint density at radius 2 is 2.50 bits per heavy atom. The average molecular weight is 212 g/mol. The van der Waals surface area contributed by atoms with Crippen molar-refractivity contribution in [3.05, 3.63) is 22.8 Å². The number of hydrogen-bond donors (Lipinski definition) is 2. The Morgan fingerprint density at radius 1 is 1.79 bits per heavy atom. The van der Waals surface area contributed by atoms with Crippen LogP contribution in [0.1, 0.15) is 5.56 Å². The summed E-state index contributed by atoms with van der Waals surface area (Å²) >= 11 is 5.75. The van der Waals surface area contributed by atoms with Crippen molar-refractivity contribution in [2.45, 2.75) is 0 Å². The minimum absolute atomic E-state index is 0.135. The smallest absolute Gasteiger partial charge is 0.322 e. The maximum absolute atomic E-state index is 10.2. The van der Waals surface area contributed by atoms with Crippen LogP contribution < -0.4 is 5.32 Å². The third-order valence-electron chi connectivity index (χ3n) is 1.42. The Hall–Kier alpha value is -1.80. The number of hydrogen-bond acceptors (Lipinski definition) is 4. The first-order valence-electron chi connectivity index (χ1n) is 3.65. The largest absolute Gasteiger partial charge is 0.480 e. The van der Waals surface area contributed by atoms with Crippen molar-refractivity contribution in [2.24, 2.45) is 0 Å². The first kappa shape index (κ1) is 10.3. The maximum Gasteiger partial charge on any atom is 0.322 e. The number of nitrogens with zero attached hydrogens (tertiary/aromatic N) is 2. The second-order valence-electron chi connectivity index (χ2n) is 2.38. The lowest BCUT2D eigenvalue weighted by Crippen LogP contribution is -2.13. The van der Waals surface area contributed by atoms with Crippen LogP contribution in [0.25, 0.3) is 0 Å². The molecule has 2 N–H and O–H groups in total. The van der Waals surface area contributed by atoms with Crippen LogP contribution in [-0.2, 0) is 4.79 Å². The monoisotopic (exact) mass is 211 g/mol. The molecular weight excluding hydrogens is 206 g/mol. The zero-order valence-electron chi connectivity index (χ0n) is 6.99. The van der Waals surface area contributed by atoms with Crippen molar-refractivity contribution in [3.8, 4) is 6.07 Å². The molecule has 0 unspecified atom stereocenters. The van der Waals surface area contributed by atoms with E-state index in [0.29, 0.717) is 0 Å². The fourth-order valence-electron chi connectivity index (χ4n) is 0.813. The van der Waals surface area contributed by atoms with E-state index in [1.165, 1.54) is 12.3 Å². The fraction of sp³-hybridized carbons (Fsp3) is 0.125. The number of anilines is 1. The SMILES string of the molecule is N#Cc1ccnc(NCC(=O)O)c1Cl. The van der Waals surface area contributed by atoms with E-state index in [4.69, 9.17) is 22.0 Å². The highest BCUT2D eigenvalue weighted by atomic mass is 35.5. The molecule has 1 aromatic heterocycles. The number of aromatic nitrogens is 1. The summed E-state index contributed by atoms with van der Waals surface area (Å²) in [6.07, 6.45) is 1.38.